The predicted octanol–water partition coefficient (Wildman–Crippen LogP) is 4.37. The van der Waals surface area contributed by atoms with E-state index in [0.717, 1.165) is 10.3 Å². The van der Waals surface area contributed by atoms with Crippen molar-refractivity contribution in [2.24, 2.45) is 0 Å². The van der Waals surface area contributed by atoms with Crippen molar-refractivity contribution < 1.29 is 9.18 Å². The fraction of sp³-hybridized carbons (Fsp3) is 0.263. The zero-order chi connectivity index (χ0) is 18.0. The lowest BCUT2D eigenvalue weighted by atomic mass is 10.1. The van der Waals surface area contributed by atoms with Gasteiger partial charge in [0, 0.05) is 18.7 Å². The number of rotatable bonds is 5. The van der Waals surface area contributed by atoms with Crippen LogP contribution in [0.1, 0.15) is 15.9 Å². The average molecular weight is 394 g/mol. The van der Waals surface area contributed by atoms with Crippen LogP contribution in [0.25, 0.3) is 10.2 Å². The van der Waals surface area contributed by atoms with Crippen LogP contribution < -0.4 is 4.90 Å². The first-order valence-corrected chi connectivity index (χ1v) is 8.86. The monoisotopic (exact) mass is 393 g/mol. The summed E-state index contributed by atoms with van der Waals surface area (Å²) in [5.41, 5.74) is 1.87. The minimum atomic E-state index is -0.365. The molecule has 0 saturated carbocycles. The third kappa shape index (κ3) is 4.20. The van der Waals surface area contributed by atoms with Gasteiger partial charge in [-0.25, -0.2) is 9.37 Å². The zero-order valence-corrected chi connectivity index (χ0v) is 16.5. The molecule has 3 rings (SSSR count). The van der Waals surface area contributed by atoms with Gasteiger partial charge in [0.15, 0.2) is 5.13 Å². The van der Waals surface area contributed by atoms with Crippen molar-refractivity contribution >= 4 is 45.0 Å². The summed E-state index contributed by atoms with van der Waals surface area (Å²) in [5.74, 6) is -0.477. The summed E-state index contributed by atoms with van der Waals surface area (Å²) in [6.07, 6.45) is 0. The number of likely N-dealkylation sites (N-methyl/N-ethyl adjacent to an activating group) is 1. The van der Waals surface area contributed by atoms with Gasteiger partial charge in [-0.05, 0) is 44.8 Å². The van der Waals surface area contributed by atoms with Crippen LogP contribution in [0.2, 0.25) is 0 Å². The maximum absolute atomic E-state index is 14.0. The molecule has 0 aliphatic rings. The van der Waals surface area contributed by atoms with E-state index in [-0.39, 0.29) is 24.1 Å². The Kier molecular flexibility index (Phi) is 6.69. The number of carbonyl (C=O) groups excluding carboxylic acids is 1. The van der Waals surface area contributed by atoms with E-state index in [0.29, 0.717) is 29.3 Å². The molecule has 7 heteroatoms. The van der Waals surface area contributed by atoms with Gasteiger partial charge < -0.3 is 4.90 Å². The Morgan fingerprint density at radius 1 is 1.12 bits per heavy atom. The summed E-state index contributed by atoms with van der Waals surface area (Å²) in [4.78, 5) is 21.2. The quantitative estimate of drug-likeness (QED) is 0.645. The third-order valence-electron chi connectivity index (χ3n) is 3.98. The SMILES string of the molecule is Cc1ccccc1C(=O)N(CCN(C)C)c1nc2c(F)cccc2s1.Cl. The molecule has 3 aromatic rings. The summed E-state index contributed by atoms with van der Waals surface area (Å²) in [5, 5.41) is 0.523. The molecule has 2 aromatic carbocycles. The van der Waals surface area contributed by atoms with Gasteiger partial charge >= 0.3 is 0 Å². The fourth-order valence-electron chi connectivity index (χ4n) is 2.56. The maximum atomic E-state index is 14.0. The number of benzene rings is 2. The molecule has 0 aliphatic carbocycles. The van der Waals surface area contributed by atoms with E-state index in [2.05, 4.69) is 4.98 Å². The minimum absolute atomic E-state index is 0. The van der Waals surface area contributed by atoms with Gasteiger partial charge in [-0.15, -0.1) is 12.4 Å². The number of anilines is 1. The second kappa shape index (κ2) is 8.58. The van der Waals surface area contributed by atoms with E-state index in [1.807, 2.05) is 56.3 Å². The Bertz CT molecular complexity index is 913. The fourth-order valence-corrected chi connectivity index (χ4v) is 3.57. The van der Waals surface area contributed by atoms with Gasteiger partial charge in [0.1, 0.15) is 11.3 Å². The van der Waals surface area contributed by atoms with Crippen LogP contribution >= 0.6 is 23.7 Å². The number of hydrogen-bond donors (Lipinski definition) is 0. The van der Waals surface area contributed by atoms with Gasteiger partial charge in [-0.3, -0.25) is 9.69 Å². The van der Waals surface area contributed by atoms with Gasteiger partial charge in [-0.1, -0.05) is 35.6 Å². The molecule has 0 unspecified atom stereocenters. The van der Waals surface area contributed by atoms with Gasteiger partial charge in [0.05, 0.1) is 4.70 Å². The molecule has 1 heterocycles. The number of thiazole rings is 1. The lowest BCUT2D eigenvalue weighted by Crippen LogP contribution is -2.37. The topological polar surface area (TPSA) is 36.4 Å². The molecular weight excluding hydrogens is 373 g/mol. The van der Waals surface area contributed by atoms with Crippen LogP contribution in [-0.4, -0.2) is 43.0 Å². The van der Waals surface area contributed by atoms with Crippen molar-refractivity contribution in [1.29, 1.82) is 0 Å². The predicted molar refractivity (Wildman–Crippen MR) is 108 cm³/mol. The summed E-state index contributed by atoms with van der Waals surface area (Å²) >= 11 is 1.34. The largest absolute Gasteiger partial charge is 0.308 e. The van der Waals surface area contributed by atoms with Gasteiger partial charge in [-0.2, -0.15) is 0 Å². The molecule has 138 valence electrons. The Morgan fingerprint density at radius 2 is 1.85 bits per heavy atom. The Hall–Kier alpha value is -2.02. The molecule has 4 nitrogen and oxygen atoms in total. The van der Waals surface area contributed by atoms with Crippen LogP contribution in [0.3, 0.4) is 0 Å². The molecule has 0 saturated heterocycles. The van der Waals surface area contributed by atoms with E-state index in [1.165, 1.54) is 17.4 Å². The van der Waals surface area contributed by atoms with Crippen molar-refractivity contribution in [1.82, 2.24) is 9.88 Å². The molecule has 1 aromatic heterocycles. The summed E-state index contributed by atoms with van der Waals surface area (Å²) in [7, 11) is 3.91. The van der Waals surface area contributed by atoms with Crippen LogP contribution in [-0.2, 0) is 0 Å². The molecule has 26 heavy (non-hydrogen) atoms. The van der Waals surface area contributed by atoms with E-state index >= 15 is 0 Å². The molecule has 1 amide bonds. The number of para-hydroxylation sites is 1. The molecular formula is C19H21ClFN3OS. The van der Waals surface area contributed by atoms with Gasteiger partial charge in [0.2, 0.25) is 0 Å². The second-order valence-electron chi connectivity index (χ2n) is 6.16. The molecule has 0 atom stereocenters. The smallest absolute Gasteiger partial charge is 0.260 e. The van der Waals surface area contributed by atoms with E-state index in [4.69, 9.17) is 0 Å². The molecule has 0 radical (unpaired) electrons. The molecule has 0 spiro atoms. The van der Waals surface area contributed by atoms with Crippen LogP contribution in [0.15, 0.2) is 42.5 Å². The normalized spacial score (nSPS) is 10.8. The highest BCUT2D eigenvalue weighted by molar-refractivity contribution is 7.22. The highest BCUT2D eigenvalue weighted by Gasteiger charge is 2.23. The second-order valence-corrected chi connectivity index (χ2v) is 7.17. The number of hydrogen-bond acceptors (Lipinski definition) is 4. The number of aryl methyl sites for hydroxylation is 1. The average Bonchev–Trinajstić information content (AvgIpc) is 3.00. The van der Waals surface area contributed by atoms with Crippen molar-refractivity contribution in [3.63, 3.8) is 0 Å². The Morgan fingerprint density at radius 3 is 2.50 bits per heavy atom. The van der Waals surface area contributed by atoms with E-state index in [1.54, 1.807) is 11.0 Å². The number of nitrogens with zero attached hydrogens (tertiary/aromatic N) is 3. The number of aromatic nitrogens is 1. The number of halogens is 2. The standard InChI is InChI=1S/C19H20FN3OS.ClH/c1-13-7-4-5-8-14(13)18(24)23(12-11-22(2)3)19-21-17-15(20)9-6-10-16(17)25-19;/h4-10H,11-12H2,1-3H3;1H. The first-order valence-electron chi connectivity index (χ1n) is 8.04. The first kappa shape index (κ1) is 20.3. The lowest BCUT2D eigenvalue weighted by Gasteiger charge is -2.22. The Labute approximate surface area is 162 Å². The van der Waals surface area contributed by atoms with Crippen molar-refractivity contribution in [3.05, 3.63) is 59.4 Å². The van der Waals surface area contributed by atoms with E-state index < -0.39 is 0 Å². The first-order chi connectivity index (χ1) is 12.0. The summed E-state index contributed by atoms with van der Waals surface area (Å²) in [6, 6.07) is 12.4. The van der Waals surface area contributed by atoms with Crippen molar-refractivity contribution in [3.8, 4) is 0 Å². The highest BCUT2D eigenvalue weighted by atomic mass is 35.5. The van der Waals surface area contributed by atoms with Gasteiger partial charge in [0.25, 0.3) is 5.91 Å². The molecule has 0 aliphatic heterocycles. The number of carbonyl (C=O) groups is 1. The molecule has 0 bridgehead atoms. The van der Waals surface area contributed by atoms with Crippen LogP contribution in [0.4, 0.5) is 9.52 Å². The van der Waals surface area contributed by atoms with Crippen LogP contribution in [0.5, 0.6) is 0 Å². The third-order valence-corrected chi connectivity index (χ3v) is 5.02. The highest BCUT2D eigenvalue weighted by Crippen LogP contribution is 2.31. The van der Waals surface area contributed by atoms with Crippen molar-refractivity contribution in [2.45, 2.75) is 6.92 Å². The zero-order valence-electron chi connectivity index (χ0n) is 14.9. The summed E-state index contributed by atoms with van der Waals surface area (Å²) < 4.78 is 14.7. The van der Waals surface area contributed by atoms with E-state index in [9.17, 15) is 9.18 Å². The van der Waals surface area contributed by atoms with Crippen molar-refractivity contribution in [2.75, 3.05) is 32.1 Å². The molecule has 0 N–H and O–H groups in total. The number of amides is 1. The summed E-state index contributed by atoms with van der Waals surface area (Å²) in [6.45, 7) is 3.09. The van der Waals surface area contributed by atoms with Crippen LogP contribution in [0, 0.1) is 12.7 Å². The molecule has 0 fully saturated rings. The maximum Gasteiger partial charge on any atom is 0.260 e. The lowest BCUT2D eigenvalue weighted by molar-refractivity contribution is 0.0984. The minimum Gasteiger partial charge on any atom is -0.308 e. The Balaban J connectivity index is 0.00000243. The number of fused-ring (bicyclic) bond motifs is 1.